The van der Waals surface area contributed by atoms with E-state index in [2.05, 4.69) is 0 Å². The van der Waals surface area contributed by atoms with Crippen LogP contribution in [0.4, 0.5) is 18.9 Å². The van der Waals surface area contributed by atoms with Crippen LogP contribution in [0.15, 0.2) is 84.9 Å². The summed E-state index contributed by atoms with van der Waals surface area (Å²) in [4.78, 5) is 22.0. The topological polar surface area (TPSA) is 36.4 Å². The quantitative estimate of drug-likeness (QED) is 0.382. The van der Waals surface area contributed by atoms with Crippen LogP contribution >= 0.6 is 0 Å². The number of fused-ring (bicyclic) bond motifs is 1. The summed E-state index contributed by atoms with van der Waals surface area (Å²) in [7, 11) is 0. The highest BCUT2D eigenvalue weighted by molar-refractivity contribution is 6.07. The third kappa shape index (κ3) is 4.33. The molecule has 1 aliphatic rings. The van der Waals surface area contributed by atoms with E-state index in [-0.39, 0.29) is 5.91 Å². The molecular formula is C27H22F3N3O. The monoisotopic (exact) mass is 461 g/mol. The fourth-order valence-electron chi connectivity index (χ4n) is 4.33. The van der Waals surface area contributed by atoms with Crippen molar-refractivity contribution in [2.45, 2.75) is 6.18 Å². The zero-order valence-corrected chi connectivity index (χ0v) is 18.3. The Morgan fingerprint density at radius 3 is 2.24 bits per heavy atom. The third-order valence-corrected chi connectivity index (χ3v) is 6.12. The van der Waals surface area contributed by atoms with Crippen molar-refractivity contribution < 1.29 is 18.0 Å². The van der Waals surface area contributed by atoms with Gasteiger partial charge >= 0.3 is 6.18 Å². The van der Waals surface area contributed by atoms with Crippen LogP contribution in [0.3, 0.4) is 0 Å². The van der Waals surface area contributed by atoms with E-state index in [4.69, 9.17) is 4.98 Å². The van der Waals surface area contributed by atoms with Gasteiger partial charge in [0.1, 0.15) is 0 Å². The molecule has 1 aromatic heterocycles. The third-order valence-electron chi connectivity index (χ3n) is 6.12. The Bertz CT molecular complexity index is 1330. The summed E-state index contributed by atoms with van der Waals surface area (Å²) < 4.78 is 39.3. The van der Waals surface area contributed by atoms with E-state index in [1.807, 2.05) is 65.6 Å². The molecule has 34 heavy (non-hydrogen) atoms. The number of aromatic nitrogens is 1. The number of benzene rings is 3. The first kappa shape index (κ1) is 21.9. The Labute approximate surface area is 195 Å². The zero-order valence-electron chi connectivity index (χ0n) is 18.3. The lowest BCUT2D eigenvalue weighted by atomic mass is 10.0. The largest absolute Gasteiger partial charge is 0.416 e. The molecule has 0 saturated carbocycles. The minimum atomic E-state index is -4.38. The minimum absolute atomic E-state index is 0.0977. The predicted octanol–water partition coefficient (Wildman–Crippen LogP) is 5.88. The Balaban J connectivity index is 1.39. The van der Waals surface area contributed by atoms with Crippen LogP contribution in [0.5, 0.6) is 0 Å². The number of anilines is 1. The molecular weight excluding hydrogens is 439 g/mol. The maximum Gasteiger partial charge on any atom is 0.416 e. The van der Waals surface area contributed by atoms with Gasteiger partial charge in [0, 0.05) is 42.8 Å². The number of carbonyl (C=O) groups is 1. The van der Waals surface area contributed by atoms with Crippen LogP contribution in [0.25, 0.3) is 22.2 Å². The van der Waals surface area contributed by atoms with Crippen LogP contribution in [0.2, 0.25) is 0 Å². The van der Waals surface area contributed by atoms with E-state index in [0.717, 1.165) is 28.2 Å². The smallest absolute Gasteiger partial charge is 0.368 e. The predicted molar refractivity (Wildman–Crippen MR) is 127 cm³/mol. The van der Waals surface area contributed by atoms with Crippen LogP contribution in [0.1, 0.15) is 15.9 Å². The number of para-hydroxylation sites is 1. The second-order valence-electron chi connectivity index (χ2n) is 8.27. The highest BCUT2D eigenvalue weighted by Crippen LogP contribution is 2.32. The summed E-state index contributed by atoms with van der Waals surface area (Å²) in [6.07, 6.45) is -4.38. The molecule has 7 heteroatoms. The number of nitrogens with zero attached hydrogens (tertiary/aromatic N) is 3. The van der Waals surface area contributed by atoms with Crippen LogP contribution < -0.4 is 4.90 Å². The molecule has 4 nitrogen and oxygen atoms in total. The van der Waals surface area contributed by atoms with Gasteiger partial charge in [-0.1, -0.05) is 54.6 Å². The van der Waals surface area contributed by atoms with Gasteiger partial charge in [0.2, 0.25) is 0 Å². The summed E-state index contributed by atoms with van der Waals surface area (Å²) >= 11 is 0. The SMILES string of the molecule is O=C(c1cc(-c2ccccc2)nc2ccccc12)N1CCN(c2cccc(C(F)(F)F)c2)CC1. The summed E-state index contributed by atoms with van der Waals surface area (Å²) in [5.41, 5.74) is 2.83. The second kappa shape index (κ2) is 8.82. The molecule has 0 N–H and O–H groups in total. The molecule has 1 fully saturated rings. The number of halogens is 3. The number of carbonyl (C=O) groups excluding carboxylic acids is 1. The van der Waals surface area contributed by atoms with Crippen molar-refractivity contribution in [3.05, 3.63) is 96.1 Å². The minimum Gasteiger partial charge on any atom is -0.368 e. The van der Waals surface area contributed by atoms with Crippen molar-refractivity contribution in [3.8, 4) is 11.3 Å². The molecule has 3 aromatic carbocycles. The Hall–Kier alpha value is -3.87. The van der Waals surface area contributed by atoms with Gasteiger partial charge in [-0.25, -0.2) is 4.98 Å². The van der Waals surface area contributed by atoms with Gasteiger partial charge in [0.25, 0.3) is 5.91 Å². The lowest BCUT2D eigenvalue weighted by Crippen LogP contribution is -2.48. The molecule has 0 bridgehead atoms. The van der Waals surface area contributed by atoms with Crippen molar-refractivity contribution in [1.29, 1.82) is 0 Å². The molecule has 4 aromatic rings. The molecule has 5 rings (SSSR count). The average molecular weight is 461 g/mol. The average Bonchev–Trinajstić information content (AvgIpc) is 2.88. The number of hydrogen-bond acceptors (Lipinski definition) is 3. The number of rotatable bonds is 3. The maximum absolute atomic E-state index is 13.6. The molecule has 0 spiro atoms. The standard InChI is InChI=1S/C27H22F3N3O/c28-27(29,30)20-9-6-10-21(17-20)32-13-15-33(16-14-32)26(34)23-18-25(19-7-2-1-3-8-19)31-24-12-5-4-11-22(23)24/h1-12,17-18H,13-16H2. The van der Waals surface area contributed by atoms with Gasteiger partial charge in [-0.05, 0) is 30.3 Å². The molecule has 0 radical (unpaired) electrons. The van der Waals surface area contributed by atoms with E-state index in [0.29, 0.717) is 37.4 Å². The van der Waals surface area contributed by atoms with Gasteiger partial charge in [0.05, 0.1) is 22.3 Å². The zero-order chi connectivity index (χ0) is 23.7. The Morgan fingerprint density at radius 2 is 1.50 bits per heavy atom. The molecule has 2 heterocycles. The van der Waals surface area contributed by atoms with Crippen molar-refractivity contribution in [1.82, 2.24) is 9.88 Å². The molecule has 1 aliphatic heterocycles. The van der Waals surface area contributed by atoms with E-state index < -0.39 is 11.7 Å². The van der Waals surface area contributed by atoms with Gasteiger partial charge in [-0.2, -0.15) is 13.2 Å². The van der Waals surface area contributed by atoms with Crippen LogP contribution in [-0.4, -0.2) is 42.0 Å². The van der Waals surface area contributed by atoms with E-state index in [9.17, 15) is 18.0 Å². The Morgan fingerprint density at radius 1 is 0.794 bits per heavy atom. The molecule has 0 unspecified atom stereocenters. The highest BCUT2D eigenvalue weighted by Gasteiger charge is 2.31. The first-order valence-corrected chi connectivity index (χ1v) is 11.1. The number of piperazine rings is 1. The van der Waals surface area contributed by atoms with Gasteiger partial charge < -0.3 is 9.80 Å². The number of amides is 1. The fraction of sp³-hybridized carbons (Fsp3) is 0.185. The van der Waals surface area contributed by atoms with Crippen LogP contribution in [-0.2, 0) is 6.18 Å². The molecule has 1 amide bonds. The van der Waals surface area contributed by atoms with Gasteiger partial charge in [0.15, 0.2) is 0 Å². The summed E-state index contributed by atoms with van der Waals surface area (Å²) in [6.45, 7) is 1.77. The number of alkyl halides is 3. The van der Waals surface area contributed by atoms with E-state index in [1.54, 1.807) is 11.0 Å². The highest BCUT2D eigenvalue weighted by atomic mass is 19.4. The van der Waals surface area contributed by atoms with Crippen molar-refractivity contribution in [3.63, 3.8) is 0 Å². The summed E-state index contributed by atoms with van der Waals surface area (Å²) in [5.74, 6) is -0.0977. The van der Waals surface area contributed by atoms with Crippen LogP contribution in [0, 0.1) is 0 Å². The second-order valence-corrected chi connectivity index (χ2v) is 8.27. The first-order valence-electron chi connectivity index (χ1n) is 11.1. The molecule has 0 atom stereocenters. The lowest BCUT2D eigenvalue weighted by molar-refractivity contribution is -0.137. The summed E-state index contributed by atoms with van der Waals surface area (Å²) in [5, 5.41) is 0.785. The van der Waals surface area contributed by atoms with E-state index in [1.165, 1.54) is 12.1 Å². The van der Waals surface area contributed by atoms with Crippen molar-refractivity contribution in [2.24, 2.45) is 0 Å². The molecule has 0 aliphatic carbocycles. The maximum atomic E-state index is 13.6. The van der Waals surface area contributed by atoms with Gasteiger partial charge in [-0.3, -0.25) is 4.79 Å². The first-order chi connectivity index (χ1) is 16.4. The van der Waals surface area contributed by atoms with Gasteiger partial charge in [-0.15, -0.1) is 0 Å². The normalized spacial score (nSPS) is 14.4. The van der Waals surface area contributed by atoms with Crippen molar-refractivity contribution in [2.75, 3.05) is 31.1 Å². The fourth-order valence-corrected chi connectivity index (χ4v) is 4.33. The number of pyridine rings is 1. The molecule has 172 valence electrons. The Kier molecular flexibility index (Phi) is 5.69. The lowest BCUT2D eigenvalue weighted by Gasteiger charge is -2.36. The number of hydrogen-bond donors (Lipinski definition) is 0. The van der Waals surface area contributed by atoms with E-state index >= 15 is 0 Å². The van der Waals surface area contributed by atoms with Crippen molar-refractivity contribution >= 4 is 22.5 Å². The summed E-state index contributed by atoms with van der Waals surface area (Å²) in [6, 6.07) is 24.4. The molecule has 1 saturated heterocycles.